The predicted octanol–water partition coefficient (Wildman–Crippen LogP) is 2.88. The molecule has 3 nitrogen and oxygen atoms in total. The summed E-state index contributed by atoms with van der Waals surface area (Å²) in [6.45, 7) is 9.06. The number of rotatable bonds is 7. The van der Waals surface area contributed by atoms with Gasteiger partial charge in [-0.3, -0.25) is 0 Å². The van der Waals surface area contributed by atoms with Crippen LogP contribution in [0.2, 0.25) is 0 Å². The summed E-state index contributed by atoms with van der Waals surface area (Å²) in [4.78, 5) is 11.5. The van der Waals surface area contributed by atoms with E-state index in [0.717, 1.165) is 5.56 Å². The number of hydrogen-bond acceptors (Lipinski definition) is 3. The van der Waals surface area contributed by atoms with Gasteiger partial charge in [0.2, 0.25) is 6.29 Å². The number of carbonyl (C=O) groups is 1. The second kappa shape index (κ2) is 7.45. The van der Waals surface area contributed by atoms with Crippen molar-refractivity contribution in [3.63, 3.8) is 0 Å². The first-order valence-corrected chi connectivity index (χ1v) is 5.76. The minimum atomic E-state index is -0.616. The monoisotopic (exact) mass is 246 g/mol. The Morgan fingerprint density at radius 2 is 2.06 bits per heavy atom. The highest BCUT2D eigenvalue weighted by molar-refractivity contribution is 5.87. The maximum atomic E-state index is 11.5. The fourth-order valence-corrected chi connectivity index (χ4v) is 1.34. The molecule has 0 aliphatic carbocycles. The molecule has 0 fully saturated rings. The topological polar surface area (TPSA) is 35.5 Å². The van der Waals surface area contributed by atoms with E-state index in [4.69, 9.17) is 9.47 Å². The molecule has 1 aromatic carbocycles. The highest BCUT2D eigenvalue weighted by Gasteiger charge is 2.15. The van der Waals surface area contributed by atoms with Crippen LogP contribution in [0.15, 0.2) is 55.1 Å². The molecule has 0 saturated heterocycles. The zero-order valence-electron chi connectivity index (χ0n) is 10.6. The zero-order chi connectivity index (χ0) is 13.4. The average molecular weight is 246 g/mol. The molecular formula is C15H18O3. The average Bonchev–Trinajstić information content (AvgIpc) is 2.37. The van der Waals surface area contributed by atoms with Crippen molar-refractivity contribution in [2.45, 2.75) is 19.6 Å². The van der Waals surface area contributed by atoms with E-state index in [1.165, 1.54) is 0 Å². The Hall–Kier alpha value is -1.87. The van der Waals surface area contributed by atoms with Crippen molar-refractivity contribution >= 4 is 5.97 Å². The summed E-state index contributed by atoms with van der Waals surface area (Å²) in [5.41, 5.74) is 1.40. The summed E-state index contributed by atoms with van der Waals surface area (Å²) in [5.74, 6) is -0.444. The lowest BCUT2D eigenvalue weighted by molar-refractivity contribution is -0.171. The van der Waals surface area contributed by atoms with E-state index in [0.29, 0.717) is 18.6 Å². The highest BCUT2D eigenvalue weighted by atomic mass is 16.7. The molecule has 0 bridgehead atoms. The molecule has 0 spiro atoms. The largest absolute Gasteiger partial charge is 0.432 e. The molecule has 0 aromatic heterocycles. The third-order valence-electron chi connectivity index (χ3n) is 2.23. The van der Waals surface area contributed by atoms with Crippen LogP contribution in [0.5, 0.6) is 0 Å². The molecule has 1 rings (SSSR count). The minimum absolute atomic E-state index is 0.334. The summed E-state index contributed by atoms with van der Waals surface area (Å²) in [6, 6.07) is 9.71. The van der Waals surface area contributed by atoms with Gasteiger partial charge in [0.25, 0.3) is 0 Å². The Morgan fingerprint density at radius 1 is 1.39 bits per heavy atom. The van der Waals surface area contributed by atoms with Gasteiger partial charge in [-0.1, -0.05) is 43.0 Å². The minimum Gasteiger partial charge on any atom is -0.432 e. The van der Waals surface area contributed by atoms with E-state index in [-0.39, 0.29) is 0 Å². The Balaban J connectivity index is 2.63. The predicted molar refractivity (Wildman–Crippen MR) is 71.0 cm³/mol. The Bertz CT molecular complexity index is 409. The van der Waals surface area contributed by atoms with Crippen molar-refractivity contribution in [2.24, 2.45) is 0 Å². The Morgan fingerprint density at radius 3 is 2.61 bits per heavy atom. The normalized spacial score (nSPS) is 11.6. The van der Waals surface area contributed by atoms with Gasteiger partial charge in [0.05, 0.1) is 6.61 Å². The van der Waals surface area contributed by atoms with E-state index < -0.39 is 12.3 Å². The van der Waals surface area contributed by atoms with E-state index in [1.54, 1.807) is 13.0 Å². The molecular weight excluding hydrogens is 228 g/mol. The third kappa shape index (κ3) is 4.97. The molecule has 0 amide bonds. The summed E-state index contributed by atoms with van der Waals surface area (Å²) in [5, 5.41) is 0. The van der Waals surface area contributed by atoms with Gasteiger partial charge in [-0.15, -0.1) is 6.58 Å². The first-order valence-electron chi connectivity index (χ1n) is 5.76. The lowest BCUT2D eigenvalue weighted by Gasteiger charge is -2.17. The lowest BCUT2D eigenvalue weighted by atomic mass is 10.1. The van der Waals surface area contributed by atoms with E-state index in [9.17, 15) is 4.79 Å². The summed E-state index contributed by atoms with van der Waals surface area (Å²) in [6.07, 6.45) is 1.51. The maximum absolute atomic E-state index is 11.5. The van der Waals surface area contributed by atoms with Gasteiger partial charge >= 0.3 is 5.97 Å². The van der Waals surface area contributed by atoms with E-state index in [2.05, 4.69) is 13.2 Å². The van der Waals surface area contributed by atoms with Gasteiger partial charge in [0.15, 0.2) is 0 Å². The van der Waals surface area contributed by atoms with Gasteiger partial charge in [0, 0.05) is 12.0 Å². The molecule has 18 heavy (non-hydrogen) atoms. The second-order valence-electron chi connectivity index (χ2n) is 3.93. The van der Waals surface area contributed by atoms with Crippen LogP contribution in [0.3, 0.4) is 0 Å². The number of esters is 1. The van der Waals surface area contributed by atoms with Crippen molar-refractivity contribution in [1.29, 1.82) is 0 Å². The Labute approximate surface area is 108 Å². The fourth-order valence-electron chi connectivity index (χ4n) is 1.34. The highest BCUT2D eigenvalue weighted by Crippen LogP contribution is 2.09. The quantitative estimate of drug-likeness (QED) is 0.321. The van der Waals surface area contributed by atoms with Crippen molar-refractivity contribution in [2.75, 3.05) is 6.61 Å². The van der Waals surface area contributed by atoms with Crippen LogP contribution in [-0.2, 0) is 20.7 Å². The molecule has 0 aliphatic rings. The van der Waals surface area contributed by atoms with Crippen LogP contribution < -0.4 is 0 Å². The number of benzene rings is 1. The summed E-state index contributed by atoms with van der Waals surface area (Å²) < 4.78 is 10.6. The van der Waals surface area contributed by atoms with Gasteiger partial charge in [0.1, 0.15) is 0 Å². The smallest absolute Gasteiger partial charge is 0.335 e. The van der Waals surface area contributed by atoms with Crippen LogP contribution in [0.4, 0.5) is 0 Å². The van der Waals surface area contributed by atoms with Crippen LogP contribution in [0, 0.1) is 0 Å². The van der Waals surface area contributed by atoms with E-state index >= 15 is 0 Å². The van der Waals surface area contributed by atoms with Crippen LogP contribution in [0.1, 0.15) is 12.5 Å². The zero-order valence-corrected chi connectivity index (χ0v) is 10.6. The maximum Gasteiger partial charge on any atom is 0.335 e. The van der Waals surface area contributed by atoms with Crippen LogP contribution in [0.25, 0.3) is 0 Å². The molecule has 3 heteroatoms. The number of carbonyl (C=O) groups excluding carboxylic acids is 1. The molecule has 1 atom stereocenters. The first-order chi connectivity index (χ1) is 8.63. The SMILES string of the molecule is C=CCOC(Cc1ccccc1)OC(=O)C(=C)C. The molecule has 0 radical (unpaired) electrons. The molecule has 1 aromatic rings. The van der Waals surface area contributed by atoms with Crippen molar-refractivity contribution in [1.82, 2.24) is 0 Å². The van der Waals surface area contributed by atoms with Crippen molar-refractivity contribution in [3.8, 4) is 0 Å². The fraction of sp³-hybridized carbons (Fsp3) is 0.267. The number of hydrogen-bond donors (Lipinski definition) is 0. The van der Waals surface area contributed by atoms with Gasteiger partial charge in [-0.05, 0) is 12.5 Å². The lowest BCUT2D eigenvalue weighted by Crippen LogP contribution is -2.24. The molecule has 0 aliphatic heterocycles. The van der Waals surface area contributed by atoms with E-state index in [1.807, 2.05) is 30.3 Å². The molecule has 96 valence electrons. The molecule has 1 unspecified atom stereocenters. The first kappa shape index (κ1) is 14.2. The van der Waals surface area contributed by atoms with Gasteiger partial charge < -0.3 is 9.47 Å². The number of ether oxygens (including phenoxy) is 2. The molecule has 0 heterocycles. The standard InChI is InChI=1S/C15H18O3/c1-4-10-17-14(18-15(16)12(2)3)11-13-8-6-5-7-9-13/h4-9,14H,1-2,10-11H2,3H3. The van der Waals surface area contributed by atoms with Crippen molar-refractivity contribution in [3.05, 3.63) is 60.7 Å². The summed E-state index contributed by atoms with van der Waals surface area (Å²) in [7, 11) is 0. The second-order valence-corrected chi connectivity index (χ2v) is 3.93. The summed E-state index contributed by atoms with van der Waals surface area (Å²) >= 11 is 0. The molecule has 0 N–H and O–H groups in total. The van der Waals surface area contributed by atoms with Crippen LogP contribution in [-0.4, -0.2) is 18.9 Å². The van der Waals surface area contributed by atoms with Gasteiger partial charge in [-0.2, -0.15) is 0 Å². The third-order valence-corrected chi connectivity index (χ3v) is 2.23. The Kier molecular flexibility index (Phi) is 5.88. The molecule has 0 saturated carbocycles. The van der Waals surface area contributed by atoms with Crippen LogP contribution >= 0.6 is 0 Å². The van der Waals surface area contributed by atoms with Gasteiger partial charge in [-0.25, -0.2) is 4.79 Å². The van der Waals surface area contributed by atoms with Crippen molar-refractivity contribution < 1.29 is 14.3 Å².